The van der Waals surface area contributed by atoms with Crippen molar-refractivity contribution in [3.05, 3.63) is 34.4 Å². The summed E-state index contributed by atoms with van der Waals surface area (Å²) in [6, 6.07) is 3.81. The molecule has 0 bridgehead atoms. The molecule has 0 radical (unpaired) electrons. The molecule has 3 heterocycles. The Morgan fingerprint density at radius 2 is 2.37 bits per heavy atom. The van der Waals surface area contributed by atoms with Crippen LogP contribution in [0.15, 0.2) is 23.3 Å². The molecule has 0 aliphatic carbocycles. The van der Waals surface area contributed by atoms with Crippen LogP contribution in [-0.2, 0) is 6.54 Å². The van der Waals surface area contributed by atoms with Gasteiger partial charge in [-0.1, -0.05) is 0 Å². The minimum atomic E-state index is 0.144. The summed E-state index contributed by atoms with van der Waals surface area (Å²) in [6.45, 7) is 2.55. The number of aromatic nitrogens is 3. The normalized spacial score (nSPS) is 15.1. The SMILES string of the molecule is CCn1c(O)c(/C=C2\C=Nc3ncccc32)[nH]c1=S. The van der Waals surface area contributed by atoms with Crippen molar-refractivity contribution in [3.63, 3.8) is 0 Å². The third-order valence-corrected chi connectivity index (χ3v) is 3.35. The molecular weight excluding hydrogens is 260 g/mol. The van der Waals surface area contributed by atoms with E-state index in [0.29, 0.717) is 22.8 Å². The van der Waals surface area contributed by atoms with Gasteiger partial charge in [0.15, 0.2) is 10.6 Å². The third kappa shape index (κ3) is 1.90. The highest BCUT2D eigenvalue weighted by molar-refractivity contribution is 7.71. The van der Waals surface area contributed by atoms with Crippen molar-refractivity contribution in [1.29, 1.82) is 0 Å². The van der Waals surface area contributed by atoms with E-state index in [9.17, 15) is 5.11 Å². The highest BCUT2D eigenvalue weighted by Gasteiger charge is 2.14. The average Bonchev–Trinajstić information content (AvgIpc) is 2.93. The first-order chi connectivity index (χ1) is 9.20. The minimum absolute atomic E-state index is 0.144. The smallest absolute Gasteiger partial charge is 0.217 e. The lowest BCUT2D eigenvalue weighted by Crippen LogP contribution is -1.92. The topological polar surface area (TPSA) is 66.2 Å². The van der Waals surface area contributed by atoms with Crippen molar-refractivity contribution >= 4 is 35.9 Å². The first-order valence-electron chi connectivity index (χ1n) is 5.93. The van der Waals surface area contributed by atoms with Crippen molar-refractivity contribution in [2.24, 2.45) is 4.99 Å². The molecule has 1 aliphatic heterocycles. The zero-order valence-electron chi connectivity index (χ0n) is 10.3. The Hall–Kier alpha value is -2.21. The highest BCUT2D eigenvalue weighted by atomic mass is 32.1. The fraction of sp³-hybridized carbons (Fsp3) is 0.154. The molecule has 3 rings (SSSR count). The van der Waals surface area contributed by atoms with E-state index in [-0.39, 0.29) is 5.88 Å². The number of H-pyrrole nitrogens is 1. The van der Waals surface area contributed by atoms with E-state index in [2.05, 4.69) is 15.0 Å². The molecule has 2 N–H and O–H groups in total. The van der Waals surface area contributed by atoms with Gasteiger partial charge in [0.25, 0.3) is 0 Å². The quantitative estimate of drug-likeness (QED) is 0.826. The predicted octanol–water partition coefficient (Wildman–Crippen LogP) is 2.92. The monoisotopic (exact) mass is 272 g/mol. The lowest BCUT2D eigenvalue weighted by Gasteiger charge is -1.99. The molecule has 0 fully saturated rings. The van der Waals surface area contributed by atoms with Crippen LogP contribution < -0.4 is 0 Å². The van der Waals surface area contributed by atoms with Gasteiger partial charge in [-0.3, -0.25) is 4.57 Å². The summed E-state index contributed by atoms with van der Waals surface area (Å²) in [5, 5.41) is 10.1. The van der Waals surface area contributed by atoms with Gasteiger partial charge in [-0.2, -0.15) is 0 Å². The second kappa shape index (κ2) is 4.47. The van der Waals surface area contributed by atoms with Crippen LogP contribution in [0, 0.1) is 4.77 Å². The summed E-state index contributed by atoms with van der Waals surface area (Å²) in [5.41, 5.74) is 2.44. The molecule has 0 amide bonds. The number of hydrogen-bond acceptors (Lipinski definition) is 4. The summed E-state index contributed by atoms with van der Waals surface area (Å²) < 4.78 is 2.14. The van der Waals surface area contributed by atoms with Gasteiger partial charge in [-0.15, -0.1) is 0 Å². The van der Waals surface area contributed by atoms with E-state index in [4.69, 9.17) is 12.2 Å². The van der Waals surface area contributed by atoms with Gasteiger partial charge >= 0.3 is 0 Å². The Labute approximate surface area is 115 Å². The largest absolute Gasteiger partial charge is 0.493 e. The van der Waals surface area contributed by atoms with Crippen molar-refractivity contribution in [2.75, 3.05) is 0 Å². The zero-order chi connectivity index (χ0) is 13.4. The number of fused-ring (bicyclic) bond motifs is 1. The molecule has 0 saturated carbocycles. The zero-order valence-corrected chi connectivity index (χ0v) is 11.1. The van der Waals surface area contributed by atoms with E-state index < -0.39 is 0 Å². The number of pyridine rings is 1. The van der Waals surface area contributed by atoms with Crippen LogP contribution in [0.2, 0.25) is 0 Å². The molecule has 2 aromatic heterocycles. The Bertz CT molecular complexity index is 754. The Kier molecular flexibility index (Phi) is 2.79. The minimum Gasteiger partial charge on any atom is -0.493 e. The first kappa shape index (κ1) is 11.9. The Morgan fingerprint density at radius 3 is 3.11 bits per heavy atom. The molecule has 0 aromatic carbocycles. The van der Waals surface area contributed by atoms with Gasteiger partial charge < -0.3 is 10.1 Å². The molecule has 1 aliphatic rings. The van der Waals surface area contributed by atoms with Gasteiger partial charge in [0.1, 0.15) is 5.69 Å². The molecule has 5 nitrogen and oxygen atoms in total. The van der Waals surface area contributed by atoms with E-state index in [1.165, 1.54) is 0 Å². The third-order valence-electron chi connectivity index (χ3n) is 3.02. The number of aromatic amines is 1. The van der Waals surface area contributed by atoms with Gasteiger partial charge in [0.05, 0.1) is 0 Å². The number of nitrogens with one attached hydrogen (secondary N) is 1. The van der Waals surface area contributed by atoms with Crippen LogP contribution in [-0.4, -0.2) is 25.9 Å². The molecule has 0 unspecified atom stereocenters. The second-order valence-electron chi connectivity index (χ2n) is 4.14. The summed E-state index contributed by atoms with van der Waals surface area (Å²) in [4.78, 5) is 11.4. The van der Waals surface area contributed by atoms with Crippen LogP contribution in [0.1, 0.15) is 18.2 Å². The maximum absolute atomic E-state index is 10.1. The molecule has 6 heteroatoms. The molecule has 19 heavy (non-hydrogen) atoms. The van der Waals surface area contributed by atoms with E-state index >= 15 is 0 Å². The van der Waals surface area contributed by atoms with Crippen LogP contribution in [0.5, 0.6) is 5.88 Å². The second-order valence-corrected chi connectivity index (χ2v) is 4.53. The lowest BCUT2D eigenvalue weighted by atomic mass is 10.1. The van der Waals surface area contributed by atoms with E-state index in [0.717, 1.165) is 11.1 Å². The van der Waals surface area contributed by atoms with Crippen molar-refractivity contribution in [2.45, 2.75) is 13.5 Å². The standard InChI is InChI=1S/C13H12N4OS/c1-2-17-12(18)10(16-13(17)19)6-8-7-15-11-9(8)4-3-5-14-11/h3-7,18H,2H2,1H3,(H,16,19)/b8-6+. The average molecular weight is 272 g/mol. The van der Waals surface area contributed by atoms with Crippen LogP contribution in [0.25, 0.3) is 11.6 Å². The molecule has 2 aromatic rings. The fourth-order valence-corrected chi connectivity index (χ4v) is 2.40. The Morgan fingerprint density at radius 1 is 1.53 bits per heavy atom. The van der Waals surface area contributed by atoms with E-state index in [1.54, 1.807) is 17.0 Å². The summed E-state index contributed by atoms with van der Waals surface area (Å²) in [7, 11) is 0. The molecular formula is C13H12N4OS. The molecule has 0 spiro atoms. The van der Waals surface area contributed by atoms with E-state index in [1.807, 2.05) is 25.1 Å². The van der Waals surface area contributed by atoms with Gasteiger partial charge in [0, 0.05) is 30.1 Å². The van der Waals surface area contributed by atoms with Gasteiger partial charge in [0.2, 0.25) is 5.88 Å². The molecule has 0 saturated heterocycles. The lowest BCUT2D eigenvalue weighted by molar-refractivity contribution is 0.419. The van der Waals surface area contributed by atoms with Crippen molar-refractivity contribution in [3.8, 4) is 5.88 Å². The fourth-order valence-electron chi connectivity index (χ4n) is 2.07. The number of aromatic hydroxyl groups is 1. The maximum atomic E-state index is 10.1. The van der Waals surface area contributed by atoms with Gasteiger partial charge in [-0.25, -0.2) is 9.98 Å². The molecule has 96 valence electrons. The summed E-state index contributed by atoms with van der Waals surface area (Å²) in [6.07, 6.45) is 5.27. The maximum Gasteiger partial charge on any atom is 0.217 e. The summed E-state index contributed by atoms with van der Waals surface area (Å²) >= 11 is 5.15. The predicted molar refractivity (Wildman–Crippen MR) is 77.2 cm³/mol. The number of imidazole rings is 1. The van der Waals surface area contributed by atoms with Gasteiger partial charge in [-0.05, 0) is 37.4 Å². The number of hydrogen-bond donors (Lipinski definition) is 2. The highest BCUT2D eigenvalue weighted by Crippen LogP contribution is 2.31. The number of nitrogens with zero attached hydrogens (tertiary/aromatic N) is 3. The van der Waals surface area contributed by atoms with Crippen molar-refractivity contribution < 1.29 is 5.11 Å². The number of allylic oxidation sites excluding steroid dienone is 1. The van der Waals surface area contributed by atoms with Crippen LogP contribution in [0.3, 0.4) is 0 Å². The van der Waals surface area contributed by atoms with Crippen molar-refractivity contribution in [1.82, 2.24) is 14.5 Å². The number of aliphatic imine (C=N–C) groups is 1. The Balaban J connectivity index is 2.10. The number of rotatable bonds is 2. The van der Waals surface area contributed by atoms with Crippen LogP contribution >= 0.6 is 12.2 Å². The summed E-state index contributed by atoms with van der Waals surface area (Å²) in [5.74, 6) is 0.840. The molecule has 0 atom stereocenters. The van der Waals surface area contributed by atoms with Crippen LogP contribution in [0.4, 0.5) is 5.82 Å². The first-order valence-corrected chi connectivity index (χ1v) is 6.34.